The molecule has 0 aliphatic carbocycles. The zero-order valence-corrected chi connectivity index (χ0v) is 8.78. The summed E-state index contributed by atoms with van der Waals surface area (Å²) in [5.74, 6) is 0. The summed E-state index contributed by atoms with van der Waals surface area (Å²) >= 11 is 0. The predicted molar refractivity (Wildman–Crippen MR) is 53.1 cm³/mol. The Morgan fingerprint density at radius 3 is 2.42 bits per heavy atom. The van der Waals surface area contributed by atoms with Gasteiger partial charge in [-0.3, -0.25) is 5.32 Å². The maximum atomic E-state index is 3.63. The Kier molecular flexibility index (Phi) is 3.13. The van der Waals surface area contributed by atoms with Crippen LogP contribution in [0, 0.1) is 5.41 Å². The lowest BCUT2D eigenvalue weighted by molar-refractivity contribution is 0.181. The van der Waals surface area contributed by atoms with E-state index >= 15 is 0 Å². The topological polar surface area (TPSA) is 24.1 Å². The second-order valence-corrected chi connectivity index (χ2v) is 4.86. The molecule has 1 aliphatic rings. The van der Waals surface area contributed by atoms with Crippen LogP contribution in [-0.2, 0) is 0 Å². The third kappa shape index (κ3) is 2.46. The van der Waals surface area contributed by atoms with Gasteiger partial charge in [0, 0.05) is 6.04 Å². The molecule has 2 heteroatoms. The summed E-state index contributed by atoms with van der Waals surface area (Å²) in [7, 11) is 2.03. The minimum Gasteiger partial charge on any atom is -0.305 e. The van der Waals surface area contributed by atoms with Crippen LogP contribution in [0.2, 0.25) is 0 Å². The molecule has 0 amide bonds. The van der Waals surface area contributed by atoms with Crippen molar-refractivity contribution in [1.82, 2.24) is 10.6 Å². The minimum absolute atomic E-state index is 0.398. The standard InChI is InChI=1S/C10H22N2/c1-10(2,3)8-6-5-7-9(11-4)12-8/h8-9,11-12H,5-7H2,1-4H3. The van der Waals surface area contributed by atoms with E-state index in [1.54, 1.807) is 0 Å². The molecule has 1 rings (SSSR count). The van der Waals surface area contributed by atoms with Crippen LogP contribution < -0.4 is 10.6 Å². The first-order valence-electron chi connectivity index (χ1n) is 4.97. The molecule has 1 saturated heterocycles. The van der Waals surface area contributed by atoms with Crippen molar-refractivity contribution in [3.8, 4) is 0 Å². The summed E-state index contributed by atoms with van der Waals surface area (Å²) in [5.41, 5.74) is 0.398. The molecule has 2 nitrogen and oxygen atoms in total. The minimum atomic E-state index is 0.398. The van der Waals surface area contributed by atoms with E-state index in [0.717, 1.165) is 0 Å². The Balaban J connectivity index is 2.46. The highest BCUT2D eigenvalue weighted by Gasteiger charge is 2.28. The first-order valence-corrected chi connectivity index (χ1v) is 4.97. The Morgan fingerprint density at radius 1 is 1.25 bits per heavy atom. The van der Waals surface area contributed by atoms with E-state index in [1.165, 1.54) is 19.3 Å². The summed E-state index contributed by atoms with van der Waals surface area (Å²) in [5, 5.41) is 6.93. The van der Waals surface area contributed by atoms with Gasteiger partial charge in [-0.25, -0.2) is 0 Å². The maximum absolute atomic E-state index is 3.63. The van der Waals surface area contributed by atoms with Gasteiger partial charge in [0.05, 0.1) is 6.17 Å². The molecule has 0 spiro atoms. The molecule has 0 radical (unpaired) electrons. The Morgan fingerprint density at radius 2 is 1.92 bits per heavy atom. The van der Waals surface area contributed by atoms with Crippen molar-refractivity contribution in [2.24, 2.45) is 5.41 Å². The molecular formula is C10H22N2. The van der Waals surface area contributed by atoms with Gasteiger partial charge in [-0.15, -0.1) is 0 Å². The van der Waals surface area contributed by atoms with Gasteiger partial charge in [-0.1, -0.05) is 20.8 Å². The Bertz CT molecular complexity index is 137. The van der Waals surface area contributed by atoms with E-state index in [1.807, 2.05) is 7.05 Å². The van der Waals surface area contributed by atoms with Crippen LogP contribution in [0.3, 0.4) is 0 Å². The fourth-order valence-corrected chi connectivity index (χ4v) is 1.85. The molecule has 1 fully saturated rings. The molecule has 2 N–H and O–H groups in total. The summed E-state index contributed by atoms with van der Waals surface area (Å²) in [4.78, 5) is 0. The fourth-order valence-electron chi connectivity index (χ4n) is 1.85. The SMILES string of the molecule is CNC1CCCC(C(C)(C)C)N1. The number of hydrogen-bond donors (Lipinski definition) is 2. The Labute approximate surface area is 76.1 Å². The molecule has 2 unspecified atom stereocenters. The van der Waals surface area contributed by atoms with Gasteiger partial charge in [0.25, 0.3) is 0 Å². The van der Waals surface area contributed by atoms with Crippen LogP contribution in [0.25, 0.3) is 0 Å². The van der Waals surface area contributed by atoms with Crippen LogP contribution in [0.5, 0.6) is 0 Å². The summed E-state index contributed by atoms with van der Waals surface area (Å²) in [6, 6.07) is 0.670. The normalized spacial score (nSPS) is 32.0. The van der Waals surface area contributed by atoms with Crippen LogP contribution in [0.1, 0.15) is 40.0 Å². The van der Waals surface area contributed by atoms with Gasteiger partial charge in [-0.05, 0) is 31.7 Å². The van der Waals surface area contributed by atoms with Gasteiger partial charge >= 0.3 is 0 Å². The molecule has 1 aliphatic heterocycles. The number of nitrogens with one attached hydrogen (secondary N) is 2. The molecule has 72 valence electrons. The van der Waals surface area contributed by atoms with Crippen molar-refractivity contribution in [1.29, 1.82) is 0 Å². The smallest absolute Gasteiger partial charge is 0.0571 e. The van der Waals surface area contributed by atoms with E-state index in [0.29, 0.717) is 17.6 Å². The lowest BCUT2D eigenvalue weighted by Gasteiger charge is -2.38. The van der Waals surface area contributed by atoms with Crippen molar-refractivity contribution in [3.63, 3.8) is 0 Å². The lowest BCUT2D eigenvalue weighted by atomic mass is 9.81. The largest absolute Gasteiger partial charge is 0.305 e. The second-order valence-electron chi connectivity index (χ2n) is 4.86. The van der Waals surface area contributed by atoms with Gasteiger partial charge < -0.3 is 5.32 Å². The second kappa shape index (κ2) is 3.75. The molecule has 0 aromatic carbocycles. The van der Waals surface area contributed by atoms with E-state index in [4.69, 9.17) is 0 Å². The zero-order valence-electron chi connectivity index (χ0n) is 8.78. The first-order chi connectivity index (χ1) is 5.54. The predicted octanol–water partition coefficient (Wildman–Crippen LogP) is 1.72. The van der Waals surface area contributed by atoms with Crippen LogP contribution >= 0.6 is 0 Å². The van der Waals surface area contributed by atoms with Gasteiger partial charge in [0.15, 0.2) is 0 Å². The molecule has 0 aromatic rings. The van der Waals surface area contributed by atoms with Crippen LogP contribution in [0.15, 0.2) is 0 Å². The van der Waals surface area contributed by atoms with E-state index in [-0.39, 0.29) is 0 Å². The summed E-state index contributed by atoms with van der Waals surface area (Å²) in [6.07, 6.45) is 4.47. The Hall–Kier alpha value is -0.0800. The first kappa shape index (κ1) is 10.0. The van der Waals surface area contributed by atoms with Crippen molar-refractivity contribution in [3.05, 3.63) is 0 Å². The molecule has 12 heavy (non-hydrogen) atoms. The quantitative estimate of drug-likeness (QED) is 0.626. The lowest BCUT2D eigenvalue weighted by Crippen LogP contribution is -2.53. The highest BCUT2D eigenvalue weighted by Crippen LogP contribution is 2.26. The number of hydrogen-bond acceptors (Lipinski definition) is 2. The van der Waals surface area contributed by atoms with Crippen LogP contribution in [-0.4, -0.2) is 19.3 Å². The zero-order chi connectivity index (χ0) is 9.19. The monoisotopic (exact) mass is 170 g/mol. The number of rotatable bonds is 1. The highest BCUT2D eigenvalue weighted by atomic mass is 15.1. The van der Waals surface area contributed by atoms with E-state index in [2.05, 4.69) is 31.4 Å². The fraction of sp³-hybridized carbons (Fsp3) is 1.00. The summed E-state index contributed by atoms with van der Waals surface area (Å²) < 4.78 is 0. The van der Waals surface area contributed by atoms with Crippen LogP contribution in [0.4, 0.5) is 0 Å². The van der Waals surface area contributed by atoms with Crippen molar-refractivity contribution in [2.75, 3.05) is 7.05 Å². The van der Waals surface area contributed by atoms with E-state index < -0.39 is 0 Å². The molecular weight excluding hydrogens is 148 g/mol. The summed E-state index contributed by atoms with van der Waals surface area (Å²) in [6.45, 7) is 6.92. The average Bonchev–Trinajstić information content (AvgIpc) is 2.03. The third-order valence-corrected chi connectivity index (χ3v) is 2.78. The van der Waals surface area contributed by atoms with Gasteiger partial charge in [0.1, 0.15) is 0 Å². The maximum Gasteiger partial charge on any atom is 0.0571 e. The van der Waals surface area contributed by atoms with Crippen molar-refractivity contribution in [2.45, 2.75) is 52.2 Å². The third-order valence-electron chi connectivity index (χ3n) is 2.78. The van der Waals surface area contributed by atoms with Crippen molar-refractivity contribution < 1.29 is 0 Å². The molecule has 1 heterocycles. The average molecular weight is 170 g/mol. The van der Waals surface area contributed by atoms with Gasteiger partial charge in [0.2, 0.25) is 0 Å². The molecule has 0 bridgehead atoms. The van der Waals surface area contributed by atoms with E-state index in [9.17, 15) is 0 Å². The molecule has 0 aromatic heterocycles. The van der Waals surface area contributed by atoms with Crippen molar-refractivity contribution >= 4 is 0 Å². The highest BCUT2D eigenvalue weighted by molar-refractivity contribution is 4.86. The molecule has 0 saturated carbocycles. The number of piperidine rings is 1. The van der Waals surface area contributed by atoms with Gasteiger partial charge in [-0.2, -0.15) is 0 Å². The molecule has 2 atom stereocenters.